The number of hydrogen-bond acceptors (Lipinski definition) is 7. The van der Waals surface area contributed by atoms with Crippen molar-refractivity contribution in [3.63, 3.8) is 0 Å². The number of likely N-dealkylation sites (N-methyl/N-ethyl adjacent to an activating group) is 1. The zero-order valence-corrected chi connectivity index (χ0v) is 21.1. The molecular weight excluding hydrogens is 446 g/mol. The summed E-state index contributed by atoms with van der Waals surface area (Å²) in [6, 6.07) is 15.4. The molecule has 180 valence electrons. The summed E-state index contributed by atoms with van der Waals surface area (Å²) in [6.45, 7) is 10.2. The smallest absolute Gasteiger partial charge is 0.248 e. The highest BCUT2D eigenvalue weighted by Crippen LogP contribution is 2.35. The van der Waals surface area contributed by atoms with Crippen LogP contribution in [0.4, 0.5) is 5.95 Å². The standard InChI is InChI=1S/C24H27N5O2S.C2H6/c1-17-4-3-5-18(14-17)16-31-23-21(32-20-8-6-19(7-9-20)22(25)30)15-26-24(27-23)29-12-10-28(2)11-13-29;1-2/h3-9,14-15H,10-13,16H2,1-2H3,(H2,25,30);1-2H3. The summed E-state index contributed by atoms with van der Waals surface area (Å²) in [5.74, 6) is 0.800. The first kappa shape index (κ1) is 25.5. The van der Waals surface area contributed by atoms with Crippen LogP contribution in [0.5, 0.6) is 5.88 Å². The third kappa shape index (κ3) is 6.95. The number of carbonyl (C=O) groups is 1. The molecule has 1 fully saturated rings. The molecule has 2 aromatic carbocycles. The number of ether oxygens (including phenoxy) is 1. The van der Waals surface area contributed by atoms with Gasteiger partial charge in [-0.1, -0.05) is 55.4 Å². The van der Waals surface area contributed by atoms with Crippen LogP contribution in [0.1, 0.15) is 35.3 Å². The molecule has 1 amide bonds. The number of amides is 1. The van der Waals surface area contributed by atoms with Crippen LogP contribution in [0.25, 0.3) is 0 Å². The van der Waals surface area contributed by atoms with Gasteiger partial charge in [-0.2, -0.15) is 4.98 Å². The zero-order valence-electron chi connectivity index (χ0n) is 20.3. The number of primary amides is 1. The molecular formula is C26H33N5O2S. The van der Waals surface area contributed by atoms with E-state index in [1.807, 2.05) is 44.3 Å². The number of nitrogens with two attached hydrogens (primary N) is 1. The van der Waals surface area contributed by atoms with Crippen molar-refractivity contribution >= 4 is 23.6 Å². The lowest BCUT2D eigenvalue weighted by atomic mass is 10.1. The highest BCUT2D eigenvalue weighted by atomic mass is 32.2. The van der Waals surface area contributed by atoms with Crippen molar-refractivity contribution in [1.29, 1.82) is 0 Å². The van der Waals surface area contributed by atoms with Crippen molar-refractivity contribution in [1.82, 2.24) is 14.9 Å². The fourth-order valence-electron chi connectivity index (χ4n) is 3.45. The van der Waals surface area contributed by atoms with E-state index in [9.17, 15) is 4.79 Å². The number of aryl methyl sites for hydroxylation is 1. The van der Waals surface area contributed by atoms with Gasteiger partial charge in [-0.25, -0.2) is 4.98 Å². The lowest BCUT2D eigenvalue weighted by Crippen LogP contribution is -2.45. The minimum atomic E-state index is -0.441. The first-order valence-electron chi connectivity index (χ1n) is 11.5. The third-order valence-electron chi connectivity index (χ3n) is 5.32. The molecule has 0 radical (unpaired) electrons. The molecule has 0 aliphatic carbocycles. The van der Waals surface area contributed by atoms with Gasteiger partial charge in [0.15, 0.2) is 0 Å². The second kappa shape index (κ2) is 12.4. The van der Waals surface area contributed by atoms with Gasteiger partial charge in [-0.3, -0.25) is 4.79 Å². The second-order valence-electron chi connectivity index (χ2n) is 7.90. The molecule has 0 saturated carbocycles. The van der Waals surface area contributed by atoms with Gasteiger partial charge in [0.25, 0.3) is 0 Å². The number of benzene rings is 2. The van der Waals surface area contributed by atoms with E-state index in [1.165, 1.54) is 17.3 Å². The number of aromatic nitrogens is 2. The molecule has 1 aliphatic heterocycles. The van der Waals surface area contributed by atoms with Gasteiger partial charge < -0.3 is 20.3 Å². The molecule has 1 saturated heterocycles. The average Bonchev–Trinajstić information content (AvgIpc) is 2.85. The minimum absolute atomic E-state index is 0.426. The molecule has 0 atom stereocenters. The van der Waals surface area contributed by atoms with Crippen LogP contribution in [0.2, 0.25) is 0 Å². The second-order valence-corrected chi connectivity index (χ2v) is 9.01. The molecule has 4 rings (SSSR count). The van der Waals surface area contributed by atoms with Crippen LogP contribution in [-0.4, -0.2) is 54.0 Å². The van der Waals surface area contributed by atoms with Crippen LogP contribution < -0.4 is 15.4 Å². The molecule has 7 nitrogen and oxygen atoms in total. The van der Waals surface area contributed by atoms with Crippen LogP contribution in [0.15, 0.2) is 64.5 Å². The Morgan fingerprint density at radius 2 is 1.79 bits per heavy atom. The van der Waals surface area contributed by atoms with E-state index in [2.05, 4.69) is 40.9 Å². The molecule has 1 aliphatic rings. The minimum Gasteiger partial charge on any atom is -0.472 e. The number of rotatable bonds is 7. The number of hydrogen-bond donors (Lipinski definition) is 1. The van der Waals surface area contributed by atoms with E-state index in [0.717, 1.165) is 41.5 Å². The summed E-state index contributed by atoms with van der Waals surface area (Å²) < 4.78 is 6.18. The summed E-state index contributed by atoms with van der Waals surface area (Å²) in [7, 11) is 2.12. The topological polar surface area (TPSA) is 84.6 Å². The maximum atomic E-state index is 11.3. The van der Waals surface area contributed by atoms with Crippen molar-refractivity contribution < 1.29 is 9.53 Å². The van der Waals surface area contributed by atoms with Crippen LogP contribution in [0, 0.1) is 6.92 Å². The SMILES string of the molecule is CC.Cc1cccc(COc2nc(N3CCN(C)CC3)ncc2Sc2ccc(C(N)=O)cc2)c1. The predicted octanol–water partition coefficient (Wildman–Crippen LogP) is 4.39. The normalized spacial score (nSPS) is 13.7. The van der Waals surface area contributed by atoms with E-state index in [0.29, 0.717) is 24.0 Å². The van der Waals surface area contributed by atoms with E-state index >= 15 is 0 Å². The van der Waals surface area contributed by atoms with Gasteiger partial charge in [0, 0.05) is 36.6 Å². The summed E-state index contributed by atoms with van der Waals surface area (Å²) in [5, 5.41) is 0. The molecule has 34 heavy (non-hydrogen) atoms. The van der Waals surface area contributed by atoms with Gasteiger partial charge in [0.1, 0.15) is 6.61 Å². The highest BCUT2D eigenvalue weighted by Gasteiger charge is 2.19. The Morgan fingerprint density at radius 1 is 1.09 bits per heavy atom. The molecule has 0 spiro atoms. The molecule has 3 aromatic rings. The Hall–Kier alpha value is -3.10. The summed E-state index contributed by atoms with van der Waals surface area (Å²) >= 11 is 1.50. The van der Waals surface area contributed by atoms with Gasteiger partial charge in [0.2, 0.25) is 17.7 Å². The van der Waals surface area contributed by atoms with Crippen LogP contribution >= 0.6 is 11.8 Å². The first-order valence-corrected chi connectivity index (χ1v) is 12.4. The van der Waals surface area contributed by atoms with Crippen molar-refractivity contribution in [3.8, 4) is 5.88 Å². The summed E-state index contributed by atoms with van der Waals surface area (Å²) in [6.07, 6.45) is 1.82. The van der Waals surface area contributed by atoms with Gasteiger partial charge in [0.05, 0.1) is 11.1 Å². The Kier molecular flexibility index (Phi) is 9.30. The molecule has 2 N–H and O–H groups in total. The number of carbonyl (C=O) groups excluding carboxylic acids is 1. The fourth-order valence-corrected chi connectivity index (χ4v) is 4.27. The van der Waals surface area contributed by atoms with E-state index in [4.69, 9.17) is 15.5 Å². The molecule has 2 heterocycles. The highest BCUT2D eigenvalue weighted by molar-refractivity contribution is 7.99. The van der Waals surface area contributed by atoms with E-state index in [1.54, 1.807) is 12.1 Å². The Labute approximate surface area is 206 Å². The summed E-state index contributed by atoms with van der Waals surface area (Å²) in [5.41, 5.74) is 8.11. The Balaban J connectivity index is 0.00000158. The van der Waals surface area contributed by atoms with Crippen molar-refractivity contribution in [2.24, 2.45) is 5.73 Å². The molecule has 1 aromatic heterocycles. The zero-order chi connectivity index (χ0) is 24.5. The Morgan fingerprint density at radius 3 is 2.44 bits per heavy atom. The average molecular weight is 480 g/mol. The van der Waals surface area contributed by atoms with Crippen LogP contribution in [-0.2, 0) is 6.61 Å². The first-order chi connectivity index (χ1) is 16.5. The van der Waals surface area contributed by atoms with Gasteiger partial charge in [-0.05, 0) is 43.8 Å². The molecule has 8 heteroatoms. The van der Waals surface area contributed by atoms with Gasteiger partial charge >= 0.3 is 0 Å². The quantitative estimate of drug-likeness (QED) is 0.538. The van der Waals surface area contributed by atoms with Crippen molar-refractivity contribution in [2.75, 3.05) is 38.1 Å². The lowest BCUT2D eigenvalue weighted by Gasteiger charge is -2.32. The van der Waals surface area contributed by atoms with Crippen molar-refractivity contribution in [2.45, 2.75) is 37.2 Å². The lowest BCUT2D eigenvalue weighted by molar-refractivity contribution is 0.1000. The maximum absolute atomic E-state index is 11.3. The van der Waals surface area contributed by atoms with E-state index < -0.39 is 5.91 Å². The predicted molar refractivity (Wildman–Crippen MR) is 138 cm³/mol. The number of nitrogens with zero attached hydrogens (tertiary/aromatic N) is 4. The fraction of sp³-hybridized carbons (Fsp3) is 0.346. The monoisotopic (exact) mass is 479 g/mol. The molecule has 0 bridgehead atoms. The Bertz CT molecular complexity index is 1080. The number of piperazine rings is 1. The maximum Gasteiger partial charge on any atom is 0.248 e. The molecule has 0 unspecified atom stereocenters. The summed E-state index contributed by atoms with van der Waals surface area (Å²) in [4.78, 5) is 27.0. The van der Waals surface area contributed by atoms with Crippen molar-refractivity contribution in [3.05, 3.63) is 71.4 Å². The van der Waals surface area contributed by atoms with Gasteiger partial charge in [-0.15, -0.1) is 0 Å². The largest absolute Gasteiger partial charge is 0.472 e. The third-order valence-corrected chi connectivity index (χ3v) is 6.33. The van der Waals surface area contributed by atoms with Crippen LogP contribution in [0.3, 0.4) is 0 Å². The van der Waals surface area contributed by atoms with E-state index in [-0.39, 0.29) is 0 Å². The number of anilines is 1.